The molecule has 4 aromatic rings. The lowest BCUT2D eigenvalue weighted by molar-refractivity contribution is -0.140. The van der Waals surface area contributed by atoms with Gasteiger partial charge in [-0.2, -0.15) is 0 Å². The van der Waals surface area contributed by atoms with E-state index in [-0.39, 0.29) is 30.8 Å². The molecule has 3 amide bonds. The minimum Gasteiger partial charge on any atom is -0.354 e. The van der Waals surface area contributed by atoms with Crippen LogP contribution in [0.2, 0.25) is 0 Å². The molecule has 0 radical (unpaired) electrons. The molecule has 198 valence electrons. The molecule has 1 heterocycles. The SMILES string of the molecule is CCCCNC(=O)[C@@H](Cc1ccccc1)N(Cc1ccccc1)C(=O)CN1C(=O)c2cccc3cccc1c23. The Morgan fingerprint density at radius 1 is 0.846 bits per heavy atom. The maximum atomic E-state index is 14.1. The van der Waals surface area contributed by atoms with Crippen LogP contribution in [0.15, 0.2) is 97.1 Å². The number of hydrogen-bond donors (Lipinski definition) is 1. The number of rotatable bonds is 11. The molecule has 6 nitrogen and oxygen atoms in total. The molecule has 0 aromatic heterocycles. The number of carbonyl (C=O) groups excluding carboxylic acids is 3. The summed E-state index contributed by atoms with van der Waals surface area (Å²) < 4.78 is 0. The monoisotopic (exact) mass is 519 g/mol. The summed E-state index contributed by atoms with van der Waals surface area (Å²) in [6, 6.07) is 30.1. The highest BCUT2D eigenvalue weighted by molar-refractivity contribution is 6.26. The van der Waals surface area contributed by atoms with Gasteiger partial charge in [0.1, 0.15) is 12.6 Å². The predicted octanol–water partition coefficient (Wildman–Crippen LogP) is 5.36. The molecule has 1 aliphatic heterocycles. The lowest BCUT2D eigenvalue weighted by atomic mass is 10.0. The first-order valence-electron chi connectivity index (χ1n) is 13.6. The molecule has 0 saturated heterocycles. The summed E-state index contributed by atoms with van der Waals surface area (Å²) in [4.78, 5) is 44.4. The van der Waals surface area contributed by atoms with Crippen molar-refractivity contribution in [3.8, 4) is 0 Å². The van der Waals surface area contributed by atoms with Crippen molar-refractivity contribution in [2.24, 2.45) is 0 Å². The van der Waals surface area contributed by atoms with Crippen molar-refractivity contribution in [1.29, 1.82) is 0 Å². The van der Waals surface area contributed by atoms with Crippen molar-refractivity contribution in [2.75, 3.05) is 18.0 Å². The van der Waals surface area contributed by atoms with Gasteiger partial charge in [-0.1, -0.05) is 98.3 Å². The fraction of sp³-hybridized carbons (Fsp3) is 0.242. The van der Waals surface area contributed by atoms with Crippen LogP contribution >= 0.6 is 0 Å². The molecule has 1 N–H and O–H groups in total. The van der Waals surface area contributed by atoms with Crippen LogP contribution < -0.4 is 10.2 Å². The number of nitrogens with zero attached hydrogens (tertiary/aromatic N) is 2. The van der Waals surface area contributed by atoms with E-state index in [0.29, 0.717) is 18.5 Å². The highest BCUT2D eigenvalue weighted by Crippen LogP contribution is 2.37. The molecular weight excluding hydrogens is 486 g/mol. The smallest absolute Gasteiger partial charge is 0.259 e. The highest BCUT2D eigenvalue weighted by Gasteiger charge is 2.35. The Hall–Kier alpha value is -4.45. The van der Waals surface area contributed by atoms with Crippen molar-refractivity contribution in [3.63, 3.8) is 0 Å². The Bertz CT molecular complexity index is 1460. The molecule has 0 bridgehead atoms. The third-order valence-electron chi connectivity index (χ3n) is 7.24. The zero-order valence-corrected chi connectivity index (χ0v) is 22.2. The third-order valence-corrected chi connectivity index (χ3v) is 7.24. The Morgan fingerprint density at radius 3 is 2.21 bits per heavy atom. The van der Waals surface area contributed by atoms with Crippen molar-refractivity contribution in [2.45, 2.75) is 38.8 Å². The topological polar surface area (TPSA) is 69.7 Å². The number of nitrogens with one attached hydrogen (secondary N) is 1. The van der Waals surface area contributed by atoms with Gasteiger partial charge < -0.3 is 10.2 Å². The summed E-state index contributed by atoms with van der Waals surface area (Å²) >= 11 is 0. The first kappa shape index (κ1) is 26.2. The Balaban J connectivity index is 1.48. The van der Waals surface area contributed by atoms with Crippen LogP contribution in [0.25, 0.3) is 10.8 Å². The van der Waals surface area contributed by atoms with Gasteiger partial charge in [0, 0.05) is 30.5 Å². The summed E-state index contributed by atoms with van der Waals surface area (Å²) in [7, 11) is 0. The van der Waals surface area contributed by atoms with E-state index < -0.39 is 6.04 Å². The molecule has 39 heavy (non-hydrogen) atoms. The molecule has 0 fully saturated rings. The Kier molecular flexibility index (Phi) is 8.02. The number of carbonyl (C=O) groups is 3. The maximum Gasteiger partial charge on any atom is 0.259 e. The lowest BCUT2D eigenvalue weighted by Crippen LogP contribution is -2.53. The molecule has 4 aromatic carbocycles. The molecule has 1 atom stereocenters. The second-order valence-corrected chi connectivity index (χ2v) is 9.93. The number of anilines is 1. The average Bonchev–Trinajstić information content (AvgIpc) is 3.24. The minimum absolute atomic E-state index is 0.146. The minimum atomic E-state index is -0.729. The van der Waals surface area contributed by atoms with Crippen LogP contribution in [0.4, 0.5) is 5.69 Å². The molecule has 0 saturated carbocycles. The summed E-state index contributed by atoms with van der Waals surface area (Å²) in [6.07, 6.45) is 2.20. The normalized spacial score (nSPS) is 12.9. The highest BCUT2D eigenvalue weighted by atomic mass is 16.2. The number of benzene rings is 4. The fourth-order valence-electron chi connectivity index (χ4n) is 5.20. The Labute approximate surface area is 229 Å². The van der Waals surface area contributed by atoms with E-state index in [9.17, 15) is 14.4 Å². The second kappa shape index (κ2) is 11.9. The lowest BCUT2D eigenvalue weighted by Gasteiger charge is -2.33. The summed E-state index contributed by atoms with van der Waals surface area (Å²) in [5.41, 5.74) is 3.22. The molecular formula is C33H33N3O3. The van der Waals surface area contributed by atoms with Crippen LogP contribution in [0.5, 0.6) is 0 Å². The average molecular weight is 520 g/mol. The standard InChI is InChI=1S/C33H33N3O3/c1-2-3-20-34-32(38)29(21-24-12-6-4-7-13-24)35(22-25-14-8-5-9-15-25)30(37)23-36-28-19-11-17-26-16-10-18-27(31(26)28)33(36)39/h4-19,29H,2-3,20-23H2,1H3,(H,34,38)/t29-/m1/s1. The van der Waals surface area contributed by atoms with E-state index in [1.807, 2.05) is 91.0 Å². The van der Waals surface area contributed by atoms with Crippen LogP contribution in [0.3, 0.4) is 0 Å². The first-order chi connectivity index (χ1) is 19.1. The number of amides is 3. The molecule has 0 unspecified atom stereocenters. The second-order valence-electron chi connectivity index (χ2n) is 9.93. The zero-order valence-electron chi connectivity index (χ0n) is 22.2. The van der Waals surface area contributed by atoms with Gasteiger partial charge in [0.2, 0.25) is 11.8 Å². The van der Waals surface area contributed by atoms with Gasteiger partial charge in [0.05, 0.1) is 5.69 Å². The number of unbranched alkanes of at least 4 members (excludes halogenated alkanes) is 1. The largest absolute Gasteiger partial charge is 0.354 e. The summed E-state index contributed by atoms with van der Waals surface area (Å²) in [5, 5.41) is 4.88. The summed E-state index contributed by atoms with van der Waals surface area (Å²) in [5.74, 6) is -0.653. The van der Waals surface area contributed by atoms with Gasteiger partial charge in [0.25, 0.3) is 5.91 Å². The van der Waals surface area contributed by atoms with Crippen molar-refractivity contribution >= 4 is 34.2 Å². The van der Waals surface area contributed by atoms with Crippen LogP contribution in [-0.2, 0) is 22.6 Å². The van der Waals surface area contributed by atoms with E-state index in [1.165, 1.54) is 0 Å². The summed E-state index contributed by atoms with van der Waals surface area (Å²) in [6.45, 7) is 2.74. The van der Waals surface area contributed by atoms with Gasteiger partial charge >= 0.3 is 0 Å². The molecule has 5 rings (SSSR count). The van der Waals surface area contributed by atoms with Gasteiger partial charge in [-0.3, -0.25) is 19.3 Å². The molecule has 0 spiro atoms. The van der Waals surface area contributed by atoms with Crippen LogP contribution in [-0.4, -0.2) is 41.8 Å². The fourth-order valence-corrected chi connectivity index (χ4v) is 5.20. The van der Waals surface area contributed by atoms with Crippen LogP contribution in [0.1, 0.15) is 41.3 Å². The molecule has 1 aliphatic rings. The van der Waals surface area contributed by atoms with Crippen molar-refractivity contribution < 1.29 is 14.4 Å². The number of hydrogen-bond acceptors (Lipinski definition) is 3. The van der Waals surface area contributed by atoms with Crippen LogP contribution in [0, 0.1) is 0 Å². The van der Waals surface area contributed by atoms with Gasteiger partial charge in [0.15, 0.2) is 0 Å². The van der Waals surface area contributed by atoms with E-state index in [4.69, 9.17) is 0 Å². The Morgan fingerprint density at radius 2 is 1.51 bits per heavy atom. The predicted molar refractivity (Wildman–Crippen MR) is 154 cm³/mol. The first-order valence-corrected chi connectivity index (χ1v) is 13.6. The zero-order chi connectivity index (χ0) is 27.2. The van der Waals surface area contributed by atoms with Gasteiger partial charge in [-0.05, 0) is 35.1 Å². The van der Waals surface area contributed by atoms with Gasteiger partial charge in [-0.15, -0.1) is 0 Å². The quantitative estimate of drug-likeness (QED) is 0.271. The van der Waals surface area contributed by atoms with E-state index >= 15 is 0 Å². The maximum absolute atomic E-state index is 14.1. The van der Waals surface area contributed by atoms with E-state index in [1.54, 1.807) is 15.9 Å². The van der Waals surface area contributed by atoms with Crippen molar-refractivity contribution in [3.05, 3.63) is 114 Å². The van der Waals surface area contributed by atoms with Crippen molar-refractivity contribution in [1.82, 2.24) is 10.2 Å². The molecule has 6 heteroatoms. The molecule has 0 aliphatic carbocycles. The van der Waals surface area contributed by atoms with E-state index in [2.05, 4.69) is 12.2 Å². The van der Waals surface area contributed by atoms with Gasteiger partial charge in [-0.25, -0.2) is 0 Å². The van der Waals surface area contributed by atoms with E-state index in [0.717, 1.165) is 40.4 Å². The third kappa shape index (κ3) is 5.70.